The summed E-state index contributed by atoms with van der Waals surface area (Å²) in [6.07, 6.45) is 8.12. The van der Waals surface area contributed by atoms with Crippen LogP contribution in [0.1, 0.15) is 44.9 Å². The van der Waals surface area contributed by atoms with Crippen molar-refractivity contribution in [2.45, 2.75) is 51.0 Å². The standard InChI is InChI=1S/C12H21N2O/c13-11(10-6-2-3-7-10)12(15)14-8-4-1-5-9-14/h10-11,13H,1-9H2. The third-order valence-corrected chi connectivity index (χ3v) is 3.81. The molecule has 2 fully saturated rings. The van der Waals surface area contributed by atoms with Crippen molar-refractivity contribution in [2.24, 2.45) is 5.92 Å². The molecule has 85 valence electrons. The third kappa shape index (κ3) is 2.51. The SMILES string of the molecule is [NH]C(C(=O)N1CCCCC1)C1CCCC1. The molecular formula is C12H21N2O. The van der Waals surface area contributed by atoms with Gasteiger partial charge in [0.15, 0.2) is 0 Å². The van der Waals surface area contributed by atoms with E-state index in [0.717, 1.165) is 38.8 Å². The Bertz CT molecular complexity index is 218. The van der Waals surface area contributed by atoms with Gasteiger partial charge in [-0.25, -0.2) is 5.73 Å². The Balaban J connectivity index is 1.87. The first-order valence-corrected chi connectivity index (χ1v) is 6.29. The maximum atomic E-state index is 12.0. The fraction of sp³-hybridized carbons (Fsp3) is 0.917. The van der Waals surface area contributed by atoms with Crippen molar-refractivity contribution in [2.75, 3.05) is 13.1 Å². The van der Waals surface area contributed by atoms with Crippen molar-refractivity contribution in [3.05, 3.63) is 0 Å². The van der Waals surface area contributed by atoms with E-state index in [-0.39, 0.29) is 5.91 Å². The molecule has 2 aliphatic rings. The predicted molar refractivity (Wildman–Crippen MR) is 59.3 cm³/mol. The number of carbonyl (C=O) groups excluding carboxylic acids is 1. The summed E-state index contributed by atoms with van der Waals surface area (Å²) >= 11 is 0. The number of hydrogen-bond acceptors (Lipinski definition) is 1. The maximum Gasteiger partial charge on any atom is 0.241 e. The van der Waals surface area contributed by atoms with E-state index in [1.165, 1.54) is 19.3 Å². The first-order chi connectivity index (χ1) is 7.29. The van der Waals surface area contributed by atoms with Crippen LogP contribution in [0.2, 0.25) is 0 Å². The van der Waals surface area contributed by atoms with Gasteiger partial charge in [-0.15, -0.1) is 0 Å². The van der Waals surface area contributed by atoms with E-state index in [0.29, 0.717) is 5.92 Å². The molecule has 1 aliphatic carbocycles. The van der Waals surface area contributed by atoms with Gasteiger partial charge < -0.3 is 4.90 Å². The van der Waals surface area contributed by atoms with Gasteiger partial charge >= 0.3 is 0 Å². The molecule has 15 heavy (non-hydrogen) atoms. The van der Waals surface area contributed by atoms with Gasteiger partial charge in [-0.3, -0.25) is 4.79 Å². The molecule has 3 nitrogen and oxygen atoms in total. The molecule has 1 aliphatic heterocycles. The van der Waals surface area contributed by atoms with Crippen LogP contribution in [0.3, 0.4) is 0 Å². The van der Waals surface area contributed by atoms with Gasteiger partial charge in [-0.1, -0.05) is 12.8 Å². The van der Waals surface area contributed by atoms with Crippen LogP contribution in [-0.4, -0.2) is 29.9 Å². The second-order valence-corrected chi connectivity index (χ2v) is 4.91. The van der Waals surface area contributed by atoms with Crippen LogP contribution in [0.5, 0.6) is 0 Å². The van der Waals surface area contributed by atoms with Crippen molar-refractivity contribution >= 4 is 5.91 Å². The number of nitrogens with zero attached hydrogens (tertiary/aromatic N) is 1. The Morgan fingerprint density at radius 2 is 1.67 bits per heavy atom. The molecule has 0 bridgehead atoms. The summed E-state index contributed by atoms with van der Waals surface area (Å²) in [7, 11) is 0. The maximum absolute atomic E-state index is 12.0. The average molecular weight is 209 g/mol. The molecule has 1 amide bonds. The Morgan fingerprint density at radius 1 is 1.07 bits per heavy atom. The molecule has 1 saturated heterocycles. The minimum Gasteiger partial charge on any atom is -0.341 e. The number of piperidine rings is 1. The molecular weight excluding hydrogens is 188 g/mol. The molecule has 2 rings (SSSR count). The van der Waals surface area contributed by atoms with E-state index in [1.54, 1.807) is 0 Å². The smallest absolute Gasteiger partial charge is 0.241 e. The fourth-order valence-corrected chi connectivity index (χ4v) is 2.80. The Morgan fingerprint density at radius 3 is 2.27 bits per heavy atom. The first kappa shape index (κ1) is 10.9. The molecule has 1 N–H and O–H groups in total. The zero-order valence-corrected chi connectivity index (χ0v) is 9.37. The summed E-state index contributed by atoms with van der Waals surface area (Å²) in [6.45, 7) is 1.78. The summed E-state index contributed by atoms with van der Waals surface area (Å²) in [4.78, 5) is 13.9. The normalized spacial score (nSPS) is 25.5. The first-order valence-electron chi connectivity index (χ1n) is 6.29. The van der Waals surface area contributed by atoms with Crippen molar-refractivity contribution in [1.82, 2.24) is 10.6 Å². The van der Waals surface area contributed by atoms with E-state index < -0.39 is 6.04 Å². The van der Waals surface area contributed by atoms with Crippen molar-refractivity contribution < 1.29 is 4.79 Å². The lowest BCUT2D eigenvalue weighted by molar-refractivity contribution is -0.134. The van der Waals surface area contributed by atoms with Gasteiger partial charge in [0.25, 0.3) is 0 Å². The van der Waals surface area contributed by atoms with Gasteiger partial charge in [0.05, 0.1) is 0 Å². The van der Waals surface area contributed by atoms with Gasteiger partial charge in [-0.05, 0) is 38.0 Å². The van der Waals surface area contributed by atoms with Crippen LogP contribution in [-0.2, 0) is 4.79 Å². The minimum atomic E-state index is -0.467. The van der Waals surface area contributed by atoms with Gasteiger partial charge in [0, 0.05) is 13.1 Å². The number of rotatable bonds is 2. The average Bonchev–Trinajstić information content (AvgIpc) is 2.82. The van der Waals surface area contributed by atoms with Crippen LogP contribution in [0.25, 0.3) is 0 Å². The Labute approximate surface area is 92.0 Å². The topological polar surface area (TPSA) is 44.1 Å². The molecule has 0 spiro atoms. The highest BCUT2D eigenvalue weighted by atomic mass is 16.2. The number of likely N-dealkylation sites (tertiary alicyclic amines) is 1. The van der Waals surface area contributed by atoms with Gasteiger partial charge in [0.2, 0.25) is 5.91 Å². The number of carbonyl (C=O) groups is 1. The Kier molecular flexibility index (Phi) is 3.62. The largest absolute Gasteiger partial charge is 0.341 e. The van der Waals surface area contributed by atoms with Crippen LogP contribution in [0.15, 0.2) is 0 Å². The molecule has 1 unspecified atom stereocenters. The van der Waals surface area contributed by atoms with Crippen LogP contribution in [0, 0.1) is 5.92 Å². The predicted octanol–water partition coefficient (Wildman–Crippen LogP) is 1.84. The van der Waals surface area contributed by atoms with Crippen molar-refractivity contribution in [3.63, 3.8) is 0 Å². The monoisotopic (exact) mass is 209 g/mol. The van der Waals surface area contributed by atoms with Gasteiger partial charge in [0.1, 0.15) is 6.04 Å². The molecule has 0 aromatic heterocycles. The molecule has 1 saturated carbocycles. The third-order valence-electron chi connectivity index (χ3n) is 3.81. The molecule has 0 aromatic rings. The lowest BCUT2D eigenvalue weighted by Gasteiger charge is -2.30. The summed E-state index contributed by atoms with van der Waals surface area (Å²) in [5, 5.41) is 0. The van der Waals surface area contributed by atoms with E-state index in [4.69, 9.17) is 5.73 Å². The van der Waals surface area contributed by atoms with Crippen LogP contribution in [0.4, 0.5) is 0 Å². The van der Waals surface area contributed by atoms with Crippen molar-refractivity contribution in [1.29, 1.82) is 0 Å². The zero-order valence-electron chi connectivity index (χ0n) is 9.37. The van der Waals surface area contributed by atoms with E-state index in [1.807, 2.05) is 4.90 Å². The lowest BCUT2D eigenvalue weighted by Crippen LogP contribution is -2.45. The minimum absolute atomic E-state index is 0.0987. The second-order valence-electron chi connectivity index (χ2n) is 4.91. The number of amides is 1. The highest BCUT2D eigenvalue weighted by Gasteiger charge is 2.31. The Hall–Kier alpha value is -0.570. The molecule has 1 atom stereocenters. The zero-order chi connectivity index (χ0) is 10.7. The number of nitrogens with one attached hydrogen (secondary N) is 1. The molecule has 3 heteroatoms. The van der Waals surface area contributed by atoms with Crippen molar-refractivity contribution in [3.8, 4) is 0 Å². The fourth-order valence-electron chi connectivity index (χ4n) is 2.80. The van der Waals surface area contributed by atoms with Crippen LogP contribution < -0.4 is 5.73 Å². The van der Waals surface area contributed by atoms with Gasteiger partial charge in [-0.2, -0.15) is 0 Å². The van der Waals surface area contributed by atoms with Crippen LogP contribution >= 0.6 is 0 Å². The van der Waals surface area contributed by atoms with E-state index in [9.17, 15) is 4.79 Å². The highest BCUT2D eigenvalue weighted by Crippen LogP contribution is 2.28. The quantitative estimate of drug-likeness (QED) is 0.684. The highest BCUT2D eigenvalue weighted by molar-refractivity contribution is 5.82. The summed E-state index contributed by atoms with van der Waals surface area (Å²) in [5.74, 6) is 0.445. The number of hydrogen-bond donors (Lipinski definition) is 0. The summed E-state index contributed by atoms with van der Waals surface area (Å²) in [5.41, 5.74) is 8.02. The van der Waals surface area contributed by atoms with E-state index in [2.05, 4.69) is 0 Å². The lowest BCUT2D eigenvalue weighted by atomic mass is 9.97. The summed E-state index contributed by atoms with van der Waals surface area (Å²) < 4.78 is 0. The summed E-state index contributed by atoms with van der Waals surface area (Å²) in [6, 6.07) is -0.467. The molecule has 1 radical (unpaired) electrons. The molecule has 1 heterocycles. The molecule has 0 aromatic carbocycles. The van der Waals surface area contributed by atoms with E-state index >= 15 is 0 Å². The second kappa shape index (κ2) is 4.97.